The number of hydrogen-bond donors (Lipinski definition) is 2. The van der Waals surface area contributed by atoms with E-state index in [4.69, 9.17) is 4.74 Å². The smallest absolute Gasteiger partial charge is 0.294 e. The number of aryl methyl sites for hydroxylation is 2. The van der Waals surface area contributed by atoms with Gasteiger partial charge in [-0.1, -0.05) is 12.6 Å². The average molecular weight is 535 g/mol. The summed E-state index contributed by atoms with van der Waals surface area (Å²) in [6.45, 7) is 4.43. The summed E-state index contributed by atoms with van der Waals surface area (Å²) in [5.41, 5.74) is 2.00. The van der Waals surface area contributed by atoms with Crippen molar-refractivity contribution in [2.75, 3.05) is 31.3 Å². The van der Waals surface area contributed by atoms with Gasteiger partial charge in [0.05, 0.1) is 0 Å². The molecule has 0 unspecified atom stereocenters. The topological polar surface area (TPSA) is 101 Å². The normalized spacial score (nSPS) is 11.0. The fourth-order valence-electron chi connectivity index (χ4n) is 3.91. The molecule has 9 nitrogen and oxygen atoms in total. The molecule has 0 fully saturated rings. The molecular weight excluding hydrogens is 506 g/mol. The van der Waals surface area contributed by atoms with Crippen molar-refractivity contribution in [1.82, 2.24) is 19.4 Å². The van der Waals surface area contributed by atoms with E-state index in [1.807, 2.05) is 26.2 Å². The van der Waals surface area contributed by atoms with Gasteiger partial charge < -0.3 is 20.3 Å². The highest BCUT2D eigenvalue weighted by atomic mass is 19.1. The molecule has 2 N–H and O–H groups in total. The van der Waals surface area contributed by atoms with Crippen molar-refractivity contribution < 1.29 is 18.3 Å². The Hall–Kier alpha value is -4.64. The molecule has 1 amide bonds. The van der Waals surface area contributed by atoms with Gasteiger partial charge in [-0.25, -0.2) is 13.8 Å². The molecule has 2 aromatic carbocycles. The first-order chi connectivity index (χ1) is 18.6. The average Bonchev–Trinajstić information content (AvgIpc) is 2.90. The number of ether oxygens (including phenoxy) is 1. The molecule has 2 heterocycles. The summed E-state index contributed by atoms with van der Waals surface area (Å²) in [7, 11) is 5.51. The zero-order valence-electron chi connectivity index (χ0n) is 21.8. The number of anilines is 3. The lowest BCUT2D eigenvalue weighted by Gasteiger charge is -2.15. The molecule has 0 atom stereocenters. The van der Waals surface area contributed by atoms with Crippen molar-refractivity contribution in [3.8, 4) is 11.5 Å². The van der Waals surface area contributed by atoms with Crippen molar-refractivity contribution in [2.24, 2.45) is 7.05 Å². The van der Waals surface area contributed by atoms with E-state index in [1.165, 1.54) is 30.0 Å². The van der Waals surface area contributed by atoms with Crippen molar-refractivity contribution in [2.45, 2.75) is 12.8 Å². The lowest BCUT2D eigenvalue weighted by atomic mass is 10.1. The van der Waals surface area contributed by atoms with Gasteiger partial charge in [0.25, 0.3) is 5.56 Å². The number of aromatic nitrogens is 3. The van der Waals surface area contributed by atoms with Crippen LogP contribution in [-0.2, 0) is 18.3 Å². The van der Waals surface area contributed by atoms with E-state index >= 15 is 0 Å². The molecule has 0 aliphatic carbocycles. The number of pyridine rings is 1. The molecule has 0 spiro atoms. The summed E-state index contributed by atoms with van der Waals surface area (Å²) in [4.78, 5) is 35.8. The largest absolute Gasteiger partial charge is 0.448 e. The molecule has 0 saturated heterocycles. The number of carbonyl (C=O) groups excluding carboxylic acids is 1. The predicted octanol–water partition coefficient (Wildman–Crippen LogP) is 4.76. The number of hydrogen-bond acceptors (Lipinski definition) is 7. The third-order valence-corrected chi connectivity index (χ3v) is 5.89. The summed E-state index contributed by atoms with van der Waals surface area (Å²) < 4.78 is 33.9. The maximum Gasteiger partial charge on any atom is 0.294 e. The summed E-state index contributed by atoms with van der Waals surface area (Å²) in [6.07, 6.45) is 4.39. The minimum Gasteiger partial charge on any atom is -0.448 e. The first kappa shape index (κ1) is 27.4. The van der Waals surface area contributed by atoms with Crippen LogP contribution in [0, 0.1) is 11.6 Å². The Morgan fingerprint density at radius 2 is 1.95 bits per heavy atom. The fraction of sp³-hybridized carbons (Fsp3) is 0.214. The number of nitrogens with zero attached hydrogens (tertiary/aromatic N) is 4. The van der Waals surface area contributed by atoms with Gasteiger partial charge in [0.1, 0.15) is 11.5 Å². The zero-order valence-corrected chi connectivity index (χ0v) is 21.8. The van der Waals surface area contributed by atoms with Crippen molar-refractivity contribution in [3.63, 3.8) is 0 Å². The van der Waals surface area contributed by atoms with Gasteiger partial charge in [-0.15, -0.1) is 0 Å². The van der Waals surface area contributed by atoms with E-state index in [1.54, 1.807) is 6.07 Å². The monoisotopic (exact) mass is 534 g/mol. The quantitative estimate of drug-likeness (QED) is 0.283. The summed E-state index contributed by atoms with van der Waals surface area (Å²) in [5, 5.41) is 6.42. The first-order valence-corrected chi connectivity index (χ1v) is 12.1. The number of fused-ring (bicyclic) bond motifs is 1. The SMILES string of the molecule is C=CC(=O)Nc1cc(Nc2ncc3cc(Oc4ccc(F)cc4F)c(=O)n(C)c3n2)ccc1CCCN(C)C. The molecule has 4 aromatic rings. The molecule has 11 heteroatoms. The van der Waals surface area contributed by atoms with Gasteiger partial charge >= 0.3 is 0 Å². The third-order valence-electron chi connectivity index (χ3n) is 5.89. The Balaban J connectivity index is 1.60. The van der Waals surface area contributed by atoms with Crippen LogP contribution in [0.5, 0.6) is 11.5 Å². The molecule has 39 heavy (non-hydrogen) atoms. The maximum atomic E-state index is 14.0. The zero-order chi connectivity index (χ0) is 28.1. The molecule has 0 radical (unpaired) electrons. The molecule has 0 saturated carbocycles. The maximum absolute atomic E-state index is 14.0. The van der Waals surface area contributed by atoms with Crippen molar-refractivity contribution in [3.05, 3.63) is 88.9 Å². The molecule has 202 valence electrons. The van der Waals surface area contributed by atoms with E-state index in [0.29, 0.717) is 28.5 Å². The molecule has 0 aliphatic rings. The van der Waals surface area contributed by atoms with Crippen LogP contribution in [0.3, 0.4) is 0 Å². The molecule has 4 rings (SSSR count). The number of benzene rings is 2. The van der Waals surface area contributed by atoms with Crippen LogP contribution in [-0.4, -0.2) is 46.0 Å². The number of amides is 1. The minimum atomic E-state index is -0.930. The Kier molecular flexibility index (Phi) is 8.30. The van der Waals surface area contributed by atoms with Crippen LogP contribution in [0.2, 0.25) is 0 Å². The van der Waals surface area contributed by atoms with E-state index in [-0.39, 0.29) is 23.4 Å². The van der Waals surface area contributed by atoms with Crippen LogP contribution in [0.25, 0.3) is 11.0 Å². The third kappa shape index (κ3) is 6.63. The number of nitrogens with one attached hydrogen (secondary N) is 2. The van der Waals surface area contributed by atoms with Crippen LogP contribution in [0.4, 0.5) is 26.1 Å². The number of halogens is 2. The Morgan fingerprint density at radius 1 is 1.15 bits per heavy atom. The van der Waals surface area contributed by atoms with Gasteiger partial charge in [-0.05, 0) is 75.5 Å². The second-order valence-electron chi connectivity index (χ2n) is 9.12. The van der Waals surface area contributed by atoms with E-state index in [0.717, 1.165) is 37.1 Å². The van der Waals surface area contributed by atoms with Crippen LogP contribution in [0.15, 0.2) is 66.1 Å². The summed E-state index contributed by atoms with van der Waals surface area (Å²) >= 11 is 0. The molecule has 0 bridgehead atoms. The highest BCUT2D eigenvalue weighted by Crippen LogP contribution is 2.27. The van der Waals surface area contributed by atoms with Crippen molar-refractivity contribution >= 4 is 34.3 Å². The molecule has 2 aromatic heterocycles. The first-order valence-electron chi connectivity index (χ1n) is 12.1. The Bertz CT molecular complexity index is 1600. The number of rotatable bonds is 10. The second-order valence-corrected chi connectivity index (χ2v) is 9.12. The summed E-state index contributed by atoms with van der Waals surface area (Å²) in [5.74, 6) is -2.23. The lowest BCUT2D eigenvalue weighted by Crippen LogP contribution is -2.19. The van der Waals surface area contributed by atoms with Gasteiger partial charge in [0.2, 0.25) is 11.9 Å². The van der Waals surface area contributed by atoms with Gasteiger partial charge in [-0.2, -0.15) is 4.98 Å². The van der Waals surface area contributed by atoms with E-state index in [9.17, 15) is 18.4 Å². The van der Waals surface area contributed by atoms with Crippen molar-refractivity contribution in [1.29, 1.82) is 0 Å². The molecule has 0 aliphatic heterocycles. The van der Waals surface area contributed by atoms with Crippen LogP contribution >= 0.6 is 0 Å². The van der Waals surface area contributed by atoms with E-state index < -0.39 is 17.2 Å². The minimum absolute atomic E-state index is 0.160. The van der Waals surface area contributed by atoms with Gasteiger partial charge in [0, 0.05) is 36.1 Å². The second kappa shape index (κ2) is 11.8. The van der Waals surface area contributed by atoms with E-state index in [2.05, 4.69) is 32.1 Å². The lowest BCUT2D eigenvalue weighted by molar-refractivity contribution is -0.111. The highest BCUT2D eigenvalue weighted by molar-refractivity contribution is 5.99. The summed E-state index contributed by atoms with van der Waals surface area (Å²) in [6, 6.07) is 9.78. The highest BCUT2D eigenvalue weighted by Gasteiger charge is 2.15. The standard InChI is InChI=1S/C28H28F2N6O3/c1-5-25(37)33-22-15-20(10-8-17(22)7-6-12-35(2)3)32-28-31-16-18-13-24(27(38)36(4)26(18)34-28)39-23-11-9-19(29)14-21(23)30/h5,8-11,13-16H,1,6-7,12H2,2-4H3,(H,33,37)(H,31,32,34). The Labute approximate surface area is 223 Å². The van der Waals surface area contributed by atoms with Gasteiger partial charge in [-0.3, -0.25) is 14.2 Å². The Morgan fingerprint density at radius 3 is 2.67 bits per heavy atom. The van der Waals surface area contributed by atoms with Gasteiger partial charge in [0.15, 0.2) is 17.3 Å². The van der Waals surface area contributed by atoms with Crippen LogP contribution in [0.1, 0.15) is 12.0 Å². The fourth-order valence-corrected chi connectivity index (χ4v) is 3.91. The number of carbonyl (C=O) groups is 1. The molecular formula is C28H28F2N6O3. The predicted molar refractivity (Wildman–Crippen MR) is 147 cm³/mol. The van der Waals surface area contributed by atoms with Crippen LogP contribution < -0.4 is 20.9 Å².